The molecule has 1 N–H and O–H groups in total. The molecule has 0 aliphatic heterocycles. The first-order valence-electron chi connectivity index (χ1n) is 6.71. The van der Waals surface area contributed by atoms with Crippen molar-refractivity contribution in [2.75, 3.05) is 6.54 Å². The number of aryl methyl sites for hydroxylation is 2. The maximum Gasteiger partial charge on any atom is 0.128 e. The Bertz CT molecular complexity index is 575. The topological polar surface area (TPSA) is 29.9 Å². The zero-order chi connectivity index (χ0) is 14.7. The van der Waals surface area contributed by atoms with Gasteiger partial charge in [-0.1, -0.05) is 19.1 Å². The summed E-state index contributed by atoms with van der Waals surface area (Å²) in [5.74, 6) is -0.188. The molecule has 1 unspecified atom stereocenters. The van der Waals surface area contributed by atoms with E-state index in [9.17, 15) is 4.39 Å². The zero-order valence-corrected chi connectivity index (χ0v) is 13.5. The van der Waals surface area contributed by atoms with Crippen molar-refractivity contribution < 1.29 is 4.39 Å². The fourth-order valence-electron chi connectivity index (χ4n) is 2.25. The lowest BCUT2D eigenvalue weighted by molar-refractivity contribution is 0.518. The van der Waals surface area contributed by atoms with E-state index in [0.29, 0.717) is 5.56 Å². The minimum Gasteiger partial charge on any atom is -0.305 e. The highest BCUT2D eigenvalue weighted by Crippen LogP contribution is 2.30. The predicted molar refractivity (Wildman–Crippen MR) is 82.2 cm³/mol. The summed E-state index contributed by atoms with van der Waals surface area (Å²) in [7, 11) is 1.87. The Balaban J connectivity index is 2.47. The average Bonchev–Trinajstić information content (AvgIpc) is 2.72. The van der Waals surface area contributed by atoms with Gasteiger partial charge in [0.1, 0.15) is 5.82 Å². The highest BCUT2D eigenvalue weighted by Gasteiger charge is 2.22. The first-order chi connectivity index (χ1) is 9.54. The summed E-state index contributed by atoms with van der Waals surface area (Å²) in [6.45, 7) is 4.80. The highest BCUT2D eigenvalue weighted by atomic mass is 79.9. The van der Waals surface area contributed by atoms with Gasteiger partial charge in [-0.25, -0.2) is 4.39 Å². The molecule has 0 fully saturated rings. The maximum absolute atomic E-state index is 14.3. The van der Waals surface area contributed by atoms with Crippen LogP contribution in [0.5, 0.6) is 0 Å². The second-order valence-corrected chi connectivity index (χ2v) is 5.77. The average molecular weight is 340 g/mol. The molecule has 0 saturated carbocycles. The van der Waals surface area contributed by atoms with E-state index in [1.54, 1.807) is 16.9 Å². The van der Waals surface area contributed by atoms with E-state index < -0.39 is 0 Å². The molecule has 0 aliphatic rings. The van der Waals surface area contributed by atoms with Gasteiger partial charge in [-0.3, -0.25) is 4.68 Å². The van der Waals surface area contributed by atoms with E-state index in [0.717, 1.165) is 28.7 Å². The largest absolute Gasteiger partial charge is 0.305 e. The summed E-state index contributed by atoms with van der Waals surface area (Å²) in [6, 6.07) is 5.14. The zero-order valence-electron chi connectivity index (χ0n) is 12.0. The van der Waals surface area contributed by atoms with Gasteiger partial charge < -0.3 is 5.32 Å². The van der Waals surface area contributed by atoms with Crippen LogP contribution in [0.4, 0.5) is 4.39 Å². The number of nitrogens with one attached hydrogen (secondary N) is 1. The third-order valence-corrected chi connectivity index (χ3v) is 3.89. The summed E-state index contributed by atoms with van der Waals surface area (Å²) < 4.78 is 17.0. The molecule has 2 aromatic rings. The smallest absolute Gasteiger partial charge is 0.128 e. The molecule has 5 heteroatoms. The van der Waals surface area contributed by atoms with Crippen molar-refractivity contribution in [1.82, 2.24) is 15.1 Å². The van der Waals surface area contributed by atoms with Crippen molar-refractivity contribution in [2.24, 2.45) is 7.05 Å². The second-order valence-electron chi connectivity index (χ2n) is 4.91. The number of hydrogen-bond donors (Lipinski definition) is 1. The normalized spacial score (nSPS) is 12.7. The Morgan fingerprint density at radius 3 is 2.75 bits per heavy atom. The Labute approximate surface area is 127 Å². The van der Waals surface area contributed by atoms with Crippen LogP contribution < -0.4 is 5.32 Å². The van der Waals surface area contributed by atoms with Gasteiger partial charge in [0.25, 0.3) is 0 Å². The lowest BCUT2D eigenvalue weighted by atomic mass is 10.0. The van der Waals surface area contributed by atoms with E-state index in [1.165, 1.54) is 0 Å². The molecule has 20 heavy (non-hydrogen) atoms. The SMILES string of the molecule is CCCNC(c1ccc(C)cc1F)c1c(Br)cnn1C. The minimum absolute atomic E-state index is 0.188. The molecule has 1 atom stereocenters. The van der Waals surface area contributed by atoms with Crippen molar-refractivity contribution >= 4 is 15.9 Å². The van der Waals surface area contributed by atoms with Gasteiger partial charge >= 0.3 is 0 Å². The summed E-state index contributed by atoms with van der Waals surface area (Å²) in [4.78, 5) is 0. The lowest BCUT2D eigenvalue weighted by Crippen LogP contribution is -2.26. The monoisotopic (exact) mass is 339 g/mol. The molecule has 0 radical (unpaired) electrons. The molecular weight excluding hydrogens is 321 g/mol. The molecule has 1 aromatic heterocycles. The van der Waals surface area contributed by atoms with Gasteiger partial charge in [0.2, 0.25) is 0 Å². The van der Waals surface area contributed by atoms with Crippen LogP contribution in [0.3, 0.4) is 0 Å². The van der Waals surface area contributed by atoms with Crippen LogP contribution in [0.25, 0.3) is 0 Å². The summed E-state index contributed by atoms with van der Waals surface area (Å²) in [5, 5.41) is 7.62. The summed E-state index contributed by atoms with van der Waals surface area (Å²) in [5.41, 5.74) is 2.50. The van der Waals surface area contributed by atoms with Crippen LogP contribution in [0, 0.1) is 12.7 Å². The van der Waals surface area contributed by atoms with Crippen molar-refractivity contribution in [3.05, 3.63) is 51.5 Å². The number of nitrogens with zero attached hydrogens (tertiary/aromatic N) is 2. The first kappa shape index (κ1) is 15.2. The van der Waals surface area contributed by atoms with Gasteiger partial charge in [-0.05, 0) is 47.4 Å². The molecule has 3 nitrogen and oxygen atoms in total. The lowest BCUT2D eigenvalue weighted by Gasteiger charge is -2.21. The Kier molecular flexibility index (Phi) is 4.94. The molecule has 0 saturated heterocycles. The number of benzene rings is 1. The predicted octanol–water partition coefficient (Wildman–Crippen LogP) is 3.72. The van der Waals surface area contributed by atoms with Crippen LogP contribution in [-0.4, -0.2) is 16.3 Å². The van der Waals surface area contributed by atoms with Gasteiger partial charge in [0.05, 0.1) is 22.4 Å². The van der Waals surface area contributed by atoms with E-state index in [4.69, 9.17) is 0 Å². The molecule has 0 spiro atoms. The maximum atomic E-state index is 14.3. The number of hydrogen-bond acceptors (Lipinski definition) is 2. The van der Waals surface area contributed by atoms with E-state index in [2.05, 4.69) is 33.3 Å². The molecule has 0 bridgehead atoms. The minimum atomic E-state index is -0.211. The molecule has 1 aromatic carbocycles. The quantitative estimate of drug-likeness (QED) is 0.899. The second kappa shape index (κ2) is 6.50. The van der Waals surface area contributed by atoms with Crippen molar-refractivity contribution in [3.63, 3.8) is 0 Å². The van der Waals surface area contributed by atoms with Gasteiger partial charge in [-0.2, -0.15) is 5.10 Å². The third kappa shape index (κ3) is 3.10. The Morgan fingerprint density at radius 2 is 2.20 bits per heavy atom. The van der Waals surface area contributed by atoms with Crippen LogP contribution >= 0.6 is 15.9 Å². The first-order valence-corrected chi connectivity index (χ1v) is 7.50. The number of aromatic nitrogens is 2. The summed E-state index contributed by atoms with van der Waals surface area (Å²) >= 11 is 3.50. The van der Waals surface area contributed by atoms with Crippen molar-refractivity contribution in [2.45, 2.75) is 26.3 Å². The van der Waals surface area contributed by atoms with E-state index in [-0.39, 0.29) is 11.9 Å². The Hall–Kier alpha value is -1.20. The van der Waals surface area contributed by atoms with Crippen LogP contribution in [-0.2, 0) is 7.05 Å². The van der Waals surface area contributed by atoms with Crippen molar-refractivity contribution in [3.8, 4) is 0 Å². The fraction of sp³-hybridized carbons (Fsp3) is 0.400. The van der Waals surface area contributed by atoms with E-state index in [1.807, 2.05) is 26.1 Å². The third-order valence-electron chi connectivity index (χ3n) is 3.28. The van der Waals surface area contributed by atoms with Gasteiger partial charge in [0, 0.05) is 12.6 Å². The molecule has 0 aliphatic carbocycles. The Morgan fingerprint density at radius 1 is 1.45 bits per heavy atom. The molecule has 2 rings (SSSR count). The van der Waals surface area contributed by atoms with Crippen molar-refractivity contribution in [1.29, 1.82) is 0 Å². The highest BCUT2D eigenvalue weighted by molar-refractivity contribution is 9.10. The fourth-order valence-corrected chi connectivity index (χ4v) is 2.83. The van der Waals surface area contributed by atoms with Crippen LogP contribution in [0.2, 0.25) is 0 Å². The molecular formula is C15H19BrFN3. The molecule has 0 amide bonds. The molecule has 1 heterocycles. The number of rotatable bonds is 5. The standard InChI is InChI=1S/C15H19BrFN3/c1-4-7-18-14(15-12(16)9-19-20(15)3)11-6-5-10(2)8-13(11)17/h5-6,8-9,14,18H,4,7H2,1-3H3. The van der Waals surface area contributed by atoms with Crippen LogP contribution in [0.1, 0.15) is 36.2 Å². The van der Waals surface area contributed by atoms with E-state index >= 15 is 0 Å². The molecule has 108 valence electrons. The van der Waals surface area contributed by atoms with Gasteiger partial charge in [-0.15, -0.1) is 0 Å². The van der Waals surface area contributed by atoms with Crippen LogP contribution in [0.15, 0.2) is 28.9 Å². The number of halogens is 2. The summed E-state index contributed by atoms with van der Waals surface area (Å²) in [6.07, 6.45) is 2.72. The van der Waals surface area contributed by atoms with Gasteiger partial charge in [0.15, 0.2) is 0 Å².